The van der Waals surface area contributed by atoms with Gasteiger partial charge < -0.3 is 5.32 Å². The smallest absolute Gasteiger partial charge is 0.254 e. The molecule has 1 N–H and O–H groups in total. The van der Waals surface area contributed by atoms with E-state index in [1.165, 1.54) is 0 Å². The standard InChI is InChI=1S/C10H13ClN2OS/c1-7(15-2)6-13-10(14)8-4-3-5-12-9(8)11/h3-5,7H,6H2,1-2H3,(H,13,14). The van der Waals surface area contributed by atoms with Crippen LogP contribution in [0.5, 0.6) is 0 Å². The van der Waals surface area contributed by atoms with Crippen molar-refractivity contribution < 1.29 is 4.79 Å². The van der Waals surface area contributed by atoms with Gasteiger partial charge in [-0.2, -0.15) is 11.8 Å². The van der Waals surface area contributed by atoms with E-state index >= 15 is 0 Å². The number of carbonyl (C=O) groups is 1. The molecule has 1 rings (SSSR count). The lowest BCUT2D eigenvalue weighted by Gasteiger charge is -2.10. The molecule has 82 valence electrons. The maximum Gasteiger partial charge on any atom is 0.254 e. The highest BCUT2D eigenvalue weighted by Crippen LogP contribution is 2.11. The highest BCUT2D eigenvalue weighted by Gasteiger charge is 2.10. The first-order valence-corrected chi connectivity index (χ1v) is 6.23. The summed E-state index contributed by atoms with van der Waals surface area (Å²) in [7, 11) is 0. The fraction of sp³-hybridized carbons (Fsp3) is 0.400. The van der Waals surface area contributed by atoms with Gasteiger partial charge in [0.25, 0.3) is 5.91 Å². The Hall–Kier alpha value is -0.740. The second-order valence-electron chi connectivity index (χ2n) is 3.10. The highest BCUT2D eigenvalue weighted by atomic mass is 35.5. The first kappa shape index (κ1) is 12.3. The lowest BCUT2D eigenvalue weighted by atomic mass is 10.2. The molecule has 0 aliphatic rings. The molecule has 3 nitrogen and oxygen atoms in total. The van der Waals surface area contributed by atoms with E-state index in [-0.39, 0.29) is 11.1 Å². The predicted octanol–water partition coefficient (Wildman–Crippen LogP) is 2.22. The van der Waals surface area contributed by atoms with Crippen molar-refractivity contribution in [3.8, 4) is 0 Å². The number of halogens is 1. The Morgan fingerprint density at radius 3 is 3.07 bits per heavy atom. The third-order valence-corrected chi connectivity index (χ3v) is 3.23. The van der Waals surface area contributed by atoms with E-state index in [0.717, 1.165) is 0 Å². The number of nitrogens with zero attached hydrogens (tertiary/aromatic N) is 1. The van der Waals surface area contributed by atoms with Gasteiger partial charge >= 0.3 is 0 Å². The molecule has 0 spiro atoms. The minimum absolute atomic E-state index is 0.172. The maximum absolute atomic E-state index is 11.6. The Kier molecular flexibility index (Phi) is 4.91. The van der Waals surface area contributed by atoms with Crippen LogP contribution in [0.2, 0.25) is 5.15 Å². The first-order valence-electron chi connectivity index (χ1n) is 4.56. The zero-order chi connectivity index (χ0) is 11.3. The summed E-state index contributed by atoms with van der Waals surface area (Å²) in [6, 6.07) is 3.35. The average molecular weight is 245 g/mol. The Morgan fingerprint density at radius 1 is 1.73 bits per heavy atom. The zero-order valence-electron chi connectivity index (χ0n) is 8.66. The summed E-state index contributed by atoms with van der Waals surface area (Å²) in [5.74, 6) is -0.172. The van der Waals surface area contributed by atoms with Crippen LogP contribution >= 0.6 is 23.4 Å². The SMILES string of the molecule is CSC(C)CNC(=O)c1cccnc1Cl. The fourth-order valence-corrected chi connectivity index (χ4v) is 1.43. The number of hydrogen-bond acceptors (Lipinski definition) is 3. The van der Waals surface area contributed by atoms with Gasteiger partial charge in [0.05, 0.1) is 5.56 Å². The number of thioether (sulfide) groups is 1. The summed E-state index contributed by atoms with van der Waals surface area (Å²) >= 11 is 7.49. The van der Waals surface area contributed by atoms with Gasteiger partial charge in [0.15, 0.2) is 0 Å². The topological polar surface area (TPSA) is 42.0 Å². The molecule has 1 aromatic rings. The lowest BCUT2D eigenvalue weighted by molar-refractivity contribution is 0.0954. The van der Waals surface area contributed by atoms with Gasteiger partial charge in [-0.25, -0.2) is 4.98 Å². The second kappa shape index (κ2) is 5.98. The van der Waals surface area contributed by atoms with Crippen molar-refractivity contribution in [1.82, 2.24) is 10.3 Å². The quantitative estimate of drug-likeness (QED) is 0.826. The van der Waals surface area contributed by atoms with Crippen molar-refractivity contribution in [3.05, 3.63) is 29.0 Å². The van der Waals surface area contributed by atoms with Crippen molar-refractivity contribution in [1.29, 1.82) is 0 Å². The molecule has 0 fully saturated rings. The normalized spacial score (nSPS) is 12.2. The van der Waals surface area contributed by atoms with Gasteiger partial charge in [-0.1, -0.05) is 18.5 Å². The molecule has 0 radical (unpaired) electrons. The van der Waals surface area contributed by atoms with Gasteiger partial charge in [0.1, 0.15) is 5.15 Å². The van der Waals surface area contributed by atoms with Gasteiger partial charge in [0, 0.05) is 18.0 Å². The molecule has 0 saturated heterocycles. The van der Waals surface area contributed by atoms with E-state index in [9.17, 15) is 4.79 Å². The van der Waals surface area contributed by atoms with E-state index in [1.54, 1.807) is 30.1 Å². The van der Waals surface area contributed by atoms with Crippen molar-refractivity contribution in [3.63, 3.8) is 0 Å². The lowest BCUT2D eigenvalue weighted by Crippen LogP contribution is -2.29. The minimum Gasteiger partial charge on any atom is -0.351 e. The summed E-state index contributed by atoms with van der Waals surface area (Å²) in [5.41, 5.74) is 0.424. The molecule has 1 amide bonds. The fourth-order valence-electron chi connectivity index (χ4n) is 0.970. The largest absolute Gasteiger partial charge is 0.351 e. The molecule has 0 saturated carbocycles. The van der Waals surface area contributed by atoms with Crippen molar-refractivity contribution in [2.75, 3.05) is 12.8 Å². The predicted molar refractivity (Wildman–Crippen MR) is 64.6 cm³/mol. The van der Waals surface area contributed by atoms with Gasteiger partial charge in [-0.05, 0) is 18.4 Å². The summed E-state index contributed by atoms with van der Waals surface area (Å²) in [6.45, 7) is 2.68. The number of hydrogen-bond donors (Lipinski definition) is 1. The van der Waals surface area contributed by atoms with E-state index in [0.29, 0.717) is 17.4 Å². The van der Waals surface area contributed by atoms with Gasteiger partial charge in [-0.15, -0.1) is 0 Å². The van der Waals surface area contributed by atoms with E-state index < -0.39 is 0 Å². The first-order chi connectivity index (χ1) is 7.15. The van der Waals surface area contributed by atoms with E-state index in [1.807, 2.05) is 6.26 Å². The van der Waals surface area contributed by atoms with Crippen LogP contribution in [0.4, 0.5) is 0 Å². The Morgan fingerprint density at radius 2 is 2.47 bits per heavy atom. The zero-order valence-corrected chi connectivity index (χ0v) is 10.2. The molecule has 0 aliphatic carbocycles. The van der Waals surface area contributed by atoms with Gasteiger partial charge in [0.2, 0.25) is 0 Å². The van der Waals surface area contributed by atoms with Crippen LogP contribution < -0.4 is 5.32 Å². The number of rotatable bonds is 4. The Labute approximate surface area is 98.6 Å². The number of aromatic nitrogens is 1. The number of amides is 1. The number of nitrogens with one attached hydrogen (secondary N) is 1. The van der Waals surface area contributed by atoms with E-state index in [2.05, 4.69) is 17.2 Å². The Balaban J connectivity index is 2.58. The molecule has 15 heavy (non-hydrogen) atoms. The molecular weight excluding hydrogens is 232 g/mol. The summed E-state index contributed by atoms with van der Waals surface area (Å²) in [6.07, 6.45) is 3.57. The summed E-state index contributed by atoms with van der Waals surface area (Å²) in [4.78, 5) is 15.5. The van der Waals surface area contributed by atoms with Crippen LogP contribution in [0.25, 0.3) is 0 Å². The van der Waals surface area contributed by atoms with Crippen LogP contribution in [-0.4, -0.2) is 28.9 Å². The van der Waals surface area contributed by atoms with Crippen molar-refractivity contribution >= 4 is 29.3 Å². The molecule has 5 heteroatoms. The Bertz CT molecular complexity index is 346. The molecule has 1 unspecified atom stereocenters. The summed E-state index contributed by atoms with van der Waals surface area (Å²) < 4.78 is 0. The molecule has 0 aliphatic heterocycles. The van der Waals surface area contributed by atoms with Gasteiger partial charge in [-0.3, -0.25) is 4.79 Å². The molecule has 1 atom stereocenters. The monoisotopic (exact) mass is 244 g/mol. The molecular formula is C10H13ClN2OS. The second-order valence-corrected chi connectivity index (χ2v) is 4.73. The number of pyridine rings is 1. The van der Waals surface area contributed by atoms with Crippen LogP contribution in [0.3, 0.4) is 0 Å². The molecule has 0 bridgehead atoms. The number of carbonyl (C=O) groups excluding carboxylic acids is 1. The molecule has 1 heterocycles. The van der Waals surface area contributed by atoms with Crippen molar-refractivity contribution in [2.45, 2.75) is 12.2 Å². The maximum atomic E-state index is 11.6. The average Bonchev–Trinajstić information content (AvgIpc) is 2.26. The van der Waals surface area contributed by atoms with Crippen LogP contribution in [0, 0.1) is 0 Å². The third-order valence-electron chi connectivity index (χ3n) is 1.96. The third kappa shape index (κ3) is 3.72. The molecule has 1 aromatic heterocycles. The molecule has 0 aromatic carbocycles. The van der Waals surface area contributed by atoms with Crippen LogP contribution in [-0.2, 0) is 0 Å². The highest BCUT2D eigenvalue weighted by molar-refractivity contribution is 7.99. The summed E-state index contributed by atoms with van der Waals surface area (Å²) in [5, 5.41) is 3.44. The van der Waals surface area contributed by atoms with Crippen LogP contribution in [0.1, 0.15) is 17.3 Å². The van der Waals surface area contributed by atoms with E-state index in [4.69, 9.17) is 11.6 Å². The minimum atomic E-state index is -0.172. The van der Waals surface area contributed by atoms with Crippen molar-refractivity contribution in [2.24, 2.45) is 0 Å². The van der Waals surface area contributed by atoms with Crippen LogP contribution in [0.15, 0.2) is 18.3 Å².